The van der Waals surface area contributed by atoms with Crippen LogP contribution in [0, 0.1) is 5.82 Å². The van der Waals surface area contributed by atoms with E-state index in [0.29, 0.717) is 0 Å². The fraction of sp³-hybridized carbons (Fsp3) is 0.500. The Morgan fingerprint density at radius 3 is 2.65 bits per heavy atom. The molecule has 18 heteroatoms. The van der Waals surface area contributed by atoms with E-state index in [1.165, 1.54) is 6.92 Å². The van der Waals surface area contributed by atoms with E-state index < -0.39 is 79.4 Å². The Morgan fingerprint density at radius 1 is 1.32 bits per heavy atom. The zero-order valence-corrected chi connectivity index (χ0v) is 23.3. The van der Waals surface area contributed by atoms with E-state index in [9.17, 15) is 28.4 Å². The lowest BCUT2D eigenvalue weighted by molar-refractivity contribution is -0.149. The largest absolute Gasteiger partial charge is 0.462 e. The first-order chi connectivity index (χ1) is 18.7. The summed E-state index contributed by atoms with van der Waals surface area (Å²) in [7, 11) is -4.67. The summed E-state index contributed by atoms with van der Waals surface area (Å²) in [6, 6.07) is 1.81. The number of H-pyrrole nitrogens is 1. The third kappa shape index (κ3) is 6.29. The van der Waals surface area contributed by atoms with Gasteiger partial charge in [0.15, 0.2) is 23.5 Å². The molecule has 4 rings (SSSR count). The summed E-state index contributed by atoms with van der Waals surface area (Å²) in [5, 5.41) is 13.0. The molecule has 2 aromatic heterocycles. The van der Waals surface area contributed by atoms with E-state index in [0.717, 1.165) is 47.6 Å². The van der Waals surface area contributed by atoms with E-state index >= 15 is 4.39 Å². The molecule has 3 heterocycles. The van der Waals surface area contributed by atoms with Crippen molar-refractivity contribution in [3.63, 3.8) is 0 Å². The number of aliphatic hydroxyl groups excluding tert-OH is 1. The molecule has 0 saturated carbocycles. The highest BCUT2D eigenvalue weighted by atomic mass is 32.1. The monoisotopic (exact) mass is 605 g/mol. The van der Waals surface area contributed by atoms with Crippen LogP contribution in [-0.4, -0.2) is 66.0 Å². The summed E-state index contributed by atoms with van der Waals surface area (Å²) in [4.78, 5) is 37.9. The Hall–Kier alpha value is -3.08. The van der Waals surface area contributed by atoms with Crippen molar-refractivity contribution in [2.45, 2.75) is 63.9 Å². The minimum Gasteiger partial charge on any atom is -0.462 e. The summed E-state index contributed by atoms with van der Waals surface area (Å²) in [6.07, 6.45) is -4.66. The number of carbonyl (C=O) groups excluding carboxylic acids is 1. The van der Waals surface area contributed by atoms with Crippen LogP contribution in [0.4, 0.5) is 8.78 Å². The van der Waals surface area contributed by atoms with Crippen LogP contribution >= 0.6 is 19.5 Å². The molecule has 3 N–H and O–H groups in total. The van der Waals surface area contributed by atoms with Crippen molar-refractivity contribution < 1.29 is 41.8 Å². The number of ether oxygens (including phenoxy) is 2. The molecule has 218 valence electrons. The highest BCUT2D eigenvalue weighted by Gasteiger charge is 2.56. The van der Waals surface area contributed by atoms with Crippen LogP contribution in [0.15, 0.2) is 34.0 Å². The van der Waals surface area contributed by atoms with Crippen molar-refractivity contribution in [1.82, 2.24) is 23.4 Å². The maximum atomic E-state index is 15.5. The lowest BCUT2D eigenvalue weighted by atomic mass is 9.98. The maximum absolute atomic E-state index is 15.5. The minimum absolute atomic E-state index is 0.223. The number of hydrogen-bond donors (Lipinski definition) is 3. The normalized spacial score (nSPS) is 25.1. The highest BCUT2D eigenvalue weighted by Crippen LogP contribution is 2.48. The SMILES string of the molecule is CC(C)OC(=O)[C@H](C)NP(=O)(OC[C@H]1O[C@@H](n2ccc(=O)[nH]c2=O)[C@](C)(F)C1O)Oc1cc2nsnc2cc1F. The molecule has 40 heavy (non-hydrogen) atoms. The van der Waals surface area contributed by atoms with Crippen LogP contribution in [0.25, 0.3) is 11.0 Å². The number of rotatable bonds is 10. The van der Waals surface area contributed by atoms with Crippen molar-refractivity contribution in [1.29, 1.82) is 0 Å². The van der Waals surface area contributed by atoms with Gasteiger partial charge >= 0.3 is 19.4 Å². The first-order valence-electron chi connectivity index (χ1n) is 11.9. The first kappa shape index (κ1) is 29.9. The third-order valence-corrected chi connectivity index (χ3v) is 8.00. The van der Waals surface area contributed by atoms with Crippen molar-refractivity contribution >= 4 is 36.5 Å². The van der Waals surface area contributed by atoms with Crippen LogP contribution < -0.4 is 20.9 Å². The van der Waals surface area contributed by atoms with Gasteiger partial charge in [0, 0.05) is 24.4 Å². The Labute approximate surface area is 229 Å². The van der Waals surface area contributed by atoms with Crippen LogP contribution in [-0.2, 0) is 23.4 Å². The molecule has 3 aromatic rings. The van der Waals surface area contributed by atoms with Gasteiger partial charge in [-0.3, -0.25) is 23.7 Å². The molecule has 0 bridgehead atoms. The number of aromatic nitrogens is 4. The van der Waals surface area contributed by atoms with E-state index in [-0.39, 0.29) is 11.0 Å². The number of aromatic amines is 1. The number of alkyl halides is 1. The number of aliphatic hydroxyl groups is 1. The lowest BCUT2D eigenvalue weighted by Gasteiger charge is -2.25. The van der Waals surface area contributed by atoms with Gasteiger partial charge in [-0.25, -0.2) is 18.1 Å². The molecule has 0 amide bonds. The van der Waals surface area contributed by atoms with Gasteiger partial charge < -0.3 is 19.1 Å². The zero-order valence-electron chi connectivity index (χ0n) is 21.6. The first-order valence-corrected chi connectivity index (χ1v) is 14.2. The van der Waals surface area contributed by atoms with Gasteiger partial charge in [-0.15, -0.1) is 0 Å². The van der Waals surface area contributed by atoms with E-state index in [1.807, 2.05) is 4.98 Å². The van der Waals surface area contributed by atoms with Crippen LogP contribution in [0.3, 0.4) is 0 Å². The van der Waals surface area contributed by atoms with Gasteiger partial charge in [0.2, 0.25) is 0 Å². The fourth-order valence-corrected chi connectivity index (χ4v) is 5.85. The molecule has 0 radical (unpaired) electrons. The summed E-state index contributed by atoms with van der Waals surface area (Å²) >= 11 is 0.813. The molecule has 1 fully saturated rings. The second kappa shape index (κ2) is 11.4. The highest BCUT2D eigenvalue weighted by molar-refractivity contribution is 7.52. The van der Waals surface area contributed by atoms with Gasteiger partial charge in [-0.05, 0) is 27.7 Å². The van der Waals surface area contributed by atoms with Gasteiger partial charge in [-0.2, -0.15) is 13.8 Å². The van der Waals surface area contributed by atoms with Gasteiger partial charge in [0.05, 0.1) is 24.4 Å². The van der Waals surface area contributed by atoms with E-state index in [1.54, 1.807) is 13.8 Å². The van der Waals surface area contributed by atoms with Crippen molar-refractivity contribution in [3.05, 3.63) is 51.1 Å². The maximum Gasteiger partial charge on any atom is 0.459 e. The summed E-state index contributed by atoms with van der Waals surface area (Å²) in [5.41, 5.74) is -3.84. The molecular formula is C22H26F2N5O9PS. The number of hydrogen-bond acceptors (Lipinski definition) is 12. The Bertz CT molecular complexity index is 1560. The second-order valence-corrected chi connectivity index (χ2v) is 11.6. The van der Waals surface area contributed by atoms with Gasteiger partial charge in [0.25, 0.3) is 5.56 Å². The Morgan fingerprint density at radius 2 is 2.00 bits per heavy atom. The summed E-state index contributed by atoms with van der Waals surface area (Å²) in [5.74, 6) is -2.34. The molecule has 1 aliphatic heterocycles. The number of benzene rings is 1. The molecule has 2 unspecified atom stereocenters. The fourth-order valence-electron chi connectivity index (χ4n) is 3.83. The molecule has 0 aliphatic carbocycles. The zero-order chi connectivity index (χ0) is 29.4. The van der Waals surface area contributed by atoms with E-state index in [4.69, 9.17) is 18.5 Å². The number of fused-ring (bicyclic) bond motifs is 1. The van der Waals surface area contributed by atoms with Crippen molar-refractivity contribution in [2.24, 2.45) is 0 Å². The predicted octanol–water partition coefficient (Wildman–Crippen LogP) is 1.80. The number of nitrogens with zero attached hydrogens (tertiary/aromatic N) is 3. The predicted molar refractivity (Wildman–Crippen MR) is 136 cm³/mol. The number of esters is 1. The van der Waals surface area contributed by atoms with Crippen LogP contribution in [0.2, 0.25) is 0 Å². The van der Waals surface area contributed by atoms with Crippen LogP contribution in [0.5, 0.6) is 5.75 Å². The average Bonchev–Trinajstić information content (AvgIpc) is 3.39. The number of nitrogens with one attached hydrogen (secondary N) is 2. The van der Waals surface area contributed by atoms with Gasteiger partial charge in [-0.1, -0.05) is 0 Å². The molecular weight excluding hydrogens is 579 g/mol. The number of carbonyl (C=O) groups is 1. The van der Waals surface area contributed by atoms with Crippen molar-refractivity contribution in [3.8, 4) is 5.75 Å². The van der Waals surface area contributed by atoms with Crippen molar-refractivity contribution in [2.75, 3.05) is 6.61 Å². The van der Waals surface area contributed by atoms with Crippen LogP contribution in [0.1, 0.15) is 33.9 Å². The number of halogens is 2. The standard InChI is InChI=1S/C22H26F2N5O9PS/c1-10(2)36-19(32)11(3)26-39(34,38-15-8-14-13(7-12(15)23)27-40-28-14)35-9-16-18(31)22(4,24)20(37-16)29-6-5-17(30)25-21(29)33/h5-8,10-11,16,18,20,31H,9H2,1-4H3,(H,26,34)(H,25,30,33)/t11-,16+,18?,20+,22+,39?/m0/s1. The molecule has 1 saturated heterocycles. The third-order valence-electron chi connectivity index (χ3n) is 5.81. The molecule has 1 aliphatic rings. The summed E-state index contributed by atoms with van der Waals surface area (Å²) < 4.78 is 74.1. The van der Waals surface area contributed by atoms with E-state index in [2.05, 4.69) is 13.8 Å². The summed E-state index contributed by atoms with van der Waals surface area (Å²) in [6.45, 7) is 4.66. The Balaban J connectivity index is 1.59. The molecule has 14 nitrogen and oxygen atoms in total. The molecule has 1 aromatic carbocycles. The average molecular weight is 606 g/mol. The molecule has 6 atom stereocenters. The Kier molecular flexibility index (Phi) is 8.54. The second-order valence-electron chi connectivity index (χ2n) is 9.40. The minimum atomic E-state index is -4.67. The quantitative estimate of drug-likeness (QED) is 0.225. The smallest absolute Gasteiger partial charge is 0.459 e. The topological polar surface area (TPSA) is 184 Å². The van der Waals surface area contributed by atoms with Gasteiger partial charge in [0.1, 0.15) is 29.3 Å². The lowest BCUT2D eigenvalue weighted by Crippen LogP contribution is -2.43. The molecule has 0 spiro atoms.